The van der Waals surface area contributed by atoms with E-state index in [4.69, 9.17) is 19.9 Å². The van der Waals surface area contributed by atoms with Crippen LogP contribution in [-0.4, -0.2) is 79.5 Å². The summed E-state index contributed by atoms with van der Waals surface area (Å²) < 4.78 is 16.8. The highest BCUT2D eigenvalue weighted by molar-refractivity contribution is 5.79. The molecule has 0 spiro atoms. The number of ether oxygens (including phenoxy) is 3. The Kier molecular flexibility index (Phi) is 11.3. The molecule has 3 rings (SSSR count). The van der Waals surface area contributed by atoms with Crippen LogP contribution in [0.3, 0.4) is 0 Å². The number of aliphatic carboxylic acids is 1. The van der Waals surface area contributed by atoms with Gasteiger partial charge in [-0.2, -0.15) is 0 Å². The predicted molar refractivity (Wildman–Crippen MR) is 151 cm³/mol. The Labute approximate surface area is 233 Å². The molecule has 0 aromatic heterocycles. The van der Waals surface area contributed by atoms with Gasteiger partial charge in [0.25, 0.3) is 0 Å². The first kappa shape index (κ1) is 31.0. The molecule has 39 heavy (non-hydrogen) atoms. The molecule has 2 aliphatic heterocycles. The second kappa shape index (κ2) is 14.2. The van der Waals surface area contributed by atoms with Gasteiger partial charge in [-0.3, -0.25) is 14.5 Å². The molecule has 0 bridgehead atoms. The van der Waals surface area contributed by atoms with Crippen molar-refractivity contribution >= 4 is 11.9 Å². The van der Waals surface area contributed by atoms with Crippen molar-refractivity contribution < 1.29 is 28.9 Å². The first-order chi connectivity index (χ1) is 18.6. The fourth-order valence-electron chi connectivity index (χ4n) is 6.22. The van der Waals surface area contributed by atoms with E-state index in [0.717, 1.165) is 44.1 Å². The lowest BCUT2D eigenvalue weighted by molar-refractivity contribution is -0.144. The molecule has 220 valence electrons. The van der Waals surface area contributed by atoms with Crippen molar-refractivity contribution in [1.29, 1.82) is 0 Å². The van der Waals surface area contributed by atoms with Gasteiger partial charge in [-0.1, -0.05) is 40.5 Å². The van der Waals surface area contributed by atoms with Gasteiger partial charge in [-0.15, -0.1) is 0 Å². The zero-order valence-corrected chi connectivity index (χ0v) is 24.5. The van der Waals surface area contributed by atoms with E-state index >= 15 is 0 Å². The van der Waals surface area contributed by atoms with Gasteiger partial charge >= 0.3 is 5.97 Å². The fourth-order valence-corrected chi connectivity index (χ4v) is 6.22. The summed E-state index contributed by atoms with van der Waals surface area (Å²) in [6.45, 7) is 11.5. The Hall–Kier alpha value is -2.52. The molecular formula is C30H49N3O6. The van der Waals surface area contributed by atoms with E-state index in [9.17, 15) is 14.7 Å². The van der Waals surface area contributed by atoms with E-state index in [0.29, 0.717) is 49.8 Å². The Bertz CT molecular complexity index is 968. The summed E-state index contributed by atoms with van der Waals surface area (Å²) in [6, 6.07) is 3.48. The summed E-state index contributed by atoms with van der Waals surface area (Å²) in [5, 5.41) is 10.6. The molecular weight excluding hydrogens is 498 g/mol. The lowest BCUT2D eigenvalue weighted by Gasteiger charge is -2.35. The minimum absolute atomic E-state index is 0.0566. The van der Waals surface area contributed by atoms with Crippen LogP contribution in [0.25, 0.3) is 0 Å². The minimum atomic E-state index is -0.838. The number of amides is 1. The first-order valence-corrected chi connectivity index (χ1v) is 14.6. The molecule has 2 heterocycles. The number of hydrogen-bond donors (Lipinski definition) is 2. The van der Waals surface area contributed by atoms with E-state index in [1.807, 2.05) is 17.0 Å². The Balaban J connectivity index is 1.94. The summed E-state index contributed by atoms with van der Waals surface area (Å²) in [4.78, 5) is 30.6. The van der Waals surface area contributed by atoms with Crippen molar-refractivity contribution in [2.75, 3.05) is 46.6 Å². The van der Waals surface area contributed by atoms with E-state index in [1.54, 1.807) is 7.11 Å². The second-order valence-electron chi connectivity index (χ2n) is 11.8. The molecule has 9 heteroatoms. The third-order valence-electron chi connectivity index (χ3n) is 8.19. The molecule has 1 saturated heterocycles. The van der Waals surface area contributed by atoms with Crippen molar-refractivity contribution in [1.82, 2.24) is 9.80 Å². The van der Waals surface area contributed by atoms with E-state index in [-0.39, 0.29) is 36.6 Å². The smallest absolute Gasteiger partial charge is 0.308 e. The number of rotatable bonds is 16. The number of nitrogens with two attached hydrogens (primary N) is 1. The minimum Gasteiger partial charge on any atom is -0.493 e. The maximum atomic E-state index is 13.7. The van der Waals surface area contributed by atoms with E-state index in [1.165, 1.54) is 0 Å². The molecule has 3 N–H and O–H groups in total. The van der Waals surface area contributed by atoms with Crippen LogP contribution in [0.15, 0.2) is 12.1 Å². The van der Waals surface area contributed by atoms with Gasteiger partial charge in [-0.25, -0.2) is 0 Å². The number of carboxylic acid groups (broad SMARTS) is 1. The van der Waals surface area contributed by atoms with Crippen molar-refractivity contribution in [3.8, 4) is 17.2 Å². The number of hydrogen-bond acceptors (Lipinski definition) is 7. The molecule has 0 aliphatic carbocycles. The van der Waals surface area contributed by atoms with Crippen LogP contribution in [0.2, 0.25) is 0 Å². The topological polar surface area (TPSA) is 115 Å². The van der Waals surface area contributed by atoms with E-state index < -0.39 is 11.9 Å². The highest BCUT2D eigenvalue weighted by Gasteiger charge is 2.49. The van der Waals surface area contributed by atoms with Crippen molar-refractivity contribution in [3.05, 3.63) is 17.7 Å². The number of carbonyl (C=O) groups excluding carboxylic acids is 1. The van der Waals surface area contributed by atoms with Gasteiger partial charge in [0.05, 0.1) is 19.6 Å². The van der Waals surface area contributed by atoms with Gasteiger partial charge in [0, 0.05) is 31.6 Å². The number of carbonyl (C=O) groups is 2. The van der Waals surface area contributed by atoms with Crippen LogP contribution in [0.5, 0.6) is 17.2 Å². The Morgan fingerprint density at radius 1 is 1.15 bits per heavy atom. The lowest BCUT2D eigenvalue weighted by atomic mass is 9.76. The fraction of sp³-hybridized carbons (Fsp3) is 0.733. The Morgan fingerprint density at radius 3 is 2.54 bits per heavy atom. The molecule has 0 radical (unpaired) electrons. The Morgan fingerprint density at radius 2 is 1.90 bits per heavy atom. The maximum Gasteiger partial charge on any atom is 0.308 e. The summed E-state index contributed by atoms with van der Waals surface area (Å²) in [5.74, 6) is -0.115. The SMILES string of the molecule is CCCCN(CCCCN)C(=O)CN1C[C@H](c2cc(OC)c3c(c2)OCO3)[C@@H](C(=O)O)[C@@H]1CC(C)(C)CCC. The average Bonchev–Trinajstić information content (AvgIpc) is 3.50. The number of fused-ring (bicyclic) bond motifs is 1. The number of unbranched alkanes of at least 4 members (excludes halogenated alkanes) is 2. The number of likely N-dealkylation sites (tertiary alicyclic amines) is 1. The molecule has 3 atom stereocenters. The summed E-state index contributed by atoms with van der Waals surface area (Å²) in [5.41, 5.74) is 6.48. The zero-order valence-electron chi connectivity index (χ0n) is 24.5. The summed E-state index contributed by atoms with van der Waals surface area (Å²) >= 11 is 0. The van der Waals surface area contributed by atoms with E-state index in [2.05, 4.69) is 32.6 Å². The third-order valence-corrected chi connectivity index (χ3v) is 8.19. The highest BCUT2D eigenvalue weighted by Crippen LogP contribution is 2.48. The molecule has 1 fully saturated rings. The molecule has 1 aromatic rings. The van der Waals surface area contributed by atoms with Gasteiger partial charge in [0.1, 0.15) is 0 Å². The monoisotopic (exact) mass is 547 g/mol. The standard InChI is InChI=1S/C30H49N3O6/c1-6-8-13-32(14-10-9-12-31)26(34)19-33-18-22(21-15-24(37-5)28-25(16-21)38-20-39-28)27(29(35)36)23(33)17-30(3,4)11-7-2/h15-16,22-23,27H,6-14,17-20,31H2,1-5H3,(H,35,36)/t22-,23+,27-/m1/s1. The number of benzene rings is 1. The largest absolute Gasteiger partial charge is 0.493 e. The predicted octanol–water partition coefficient (Wildman–Crippen LogP) is 4.48. The molecule has 0 saturated carbocycles. The van der Waals surface area contributed by atoms with Crippen LogP contribution < -0.4 is 19.9 Å². The molecule has 1 aromatic carbocycles. The van der Waals surface area contributed by atoms with Crippen molar-refractivity contribution in [2.24, 2.45) is 17.1 Å². The third kappa shape index (κ3) is 7.78. The lowest BCUT2D eigenvalue weighted by Crippen LogP contribution is -2.46. The normalized spacial score (nSPS) is 20.8. The summed E-state index contributed by atoms with van der Waals surface area (Å²) in [6.07, 6.45) is 6.41. The van der Waals surface area contributed by atoms with Gasteiger partial charge in [-0.05, 0) is 61.8 Å². The van der Waals surface area contributed by atoms with Crippen LogP contribution in [0.4, 0.5) is 0 Å². The maximum absolute atomic E-state index is 13.7. The van der Waals surface area contributed by atoms with Crippen molar-refractivity contribution in [3.63, 3.8) is 0 Å². The van der Waals surface area contributed by atoms with Gasteiger partial charge < -0.3 is 30.0 Å². The highest BCUT2D eigenvalue weighted by atomic mass is 16.7. The van der Waals surface area contributed by atoms with Crippen LogP contribution >= 0.6 is 0 Å². The quantitative estimate of drug-likeness (QED) is 0.291. The first-order valence-electron chi connectivity index (χ1n) is 14.6. The van der Waals surface area contributed by atoms with Crippen LogP contribution in [0, 0.1) is 11.3 Å². The second-order valence-corrected chi connectivity index (χ2v) is 11.8. The number of methoxy groups -OCH3 is 1. The molecule has 1 amide bonds. The van der Waals surface area contributed by atoms with Crippen molar-refractivity contribution in [2.45, 2.75) is 84.6 Å². The molecule has 2 aliphatic rings. The molecule has 9 nitrogen and oxygen atoms in total. The number of nitrogens with zero attached hydrogens (tertiary/aromatic N) is 2. The average molecular weight is 548 g/mol. The van der Waals surface area contributed by atoms with Gasteiger partial charge in [0.15, 0.2) is 11.5 Å². The van der Waals surface area contributed by atoms with Gasteiger partial charge in [0.2, 0.25) is 18.4 Å². The summed E-state index contributed by atoms with van der Waals surface area (Å²) in [7, 11) is 1.57. The zero-order chi connectivity index (χ0) is 28.6. The van der Waals surface area contributed by atoms with Crippen LogP contribution in [-0.2, 0) is 9.59 Å². The number of carboxylic acids is 1. The van der Waals surface area contributed by atoms with Crippen LogP contribution in [0.1, 0.15) is 84.1 Å². The molecule has 0 unspecified atom stereocenters.